The van der Waals surface area contributed by atoms with E-state index in [-0.39, 0.29) is 6.10 Å². The third kappa shape index (κ3) is 2.63. The number of nitrogens with zero attached hydrogens (tertiary/aromatic N) is 1. The Bertz CT molecular complexity index is 600. The summed E-state index contributed by atoms with van der Waals surface area (Å²) in [6.07, 6.45) is 3.79. The standard InChI is InChI=1S/C17H20ClNO/c1-12-11-15-16(3-2-4-17(15)20)19(12)10-9-13-5-7-14(18)8-6-13/h5-8,11,17,20H,2-4,9-10H2,1H3. The maximum absolute atomic E-state index is 10.1. The van der Waals surface area contributed by atoms with Gasteiger partial charge in [0.25, 0.3) is 0 Å². The zero-order valence-electron chi connectivity index (χ0n) is 11.8. The number of aromatic nitrogens is 1. The lowest BCUT2D eigenvalue weighted by Crippen LogP contribution is -2.13. The Labute approximate surface area is 125 Å². The Kier molecular flexibility index (Phi) is 3.86. The van der Waals surface area contributed by atoms with E-state index in [1.807, 2.05) is 12.1 Å². The smallest absolute Gasteiger partial charge is 0.0807 e. The van der Waals surface area contributed by atoms with E-state index in [2.05, 4.69) is 29.7 Å². The first-order valence-corrected chi connectivity index (χ1v) is 7.64. The number of benzene rings is 1. The summed E-state index contributed by atoms with van der Waals surface area (Å²) in [5.41, 5.74) is 5.03. The van der Waals surface area contributed by atoms with Crippen LogP contribution >= 0.6 is 11.6 Å². The van der Waals surface area contributed by atoms with Gasteiger partial charge in [-0.25, -0.2) is 0 Å². The third-order valence-corrected chi connectivity index (χ3v) is 4.49. The summed E-state index contributed by atoms with van der Waals surface area (Å²) >= 11 is 5.91. The lowest BCUT2D eigenvalue weighted by atomic mass is 9.95. The molecule has 0 amide bonds. The van der Waals surface area contributed by atoms with E-state index in [0.717, 1.165) is 42.8 Å². The fourth-order valence-corrected chi connectivity index (χ4v) is 3.27. The number of rotatable bonds is 3. The van der Waals surface area contributed by atoms with Crippen LogP contribution in [0.15, 0.2) is 30.3 Å². The van der Waals surface area contributed by atoms with Crippen LogP contribution in [0.2, 0.25) is 5.02 Å². The number of hydrogen-bond donors (Lipinski definition) is 1. The van der Waals surface area contributed by atoms with Crippen molar-refractivity contribution < 1.29 is 5.11 Å². The molecule has 0 saturated carbocycles. The molecule has 3 heteroatoms. The molecule has 1 aliphatic carbocycles. The van der Waals surface area contributed by atoms with Crippen molar-refractivity contribution in [3.8, 4) is 0 Å². The highest BCUT2D eigenvalue weighted by Gasteiger charge is 2.22. The predicted molar refractivity (Wildman–Crippen MR) is 82.2 cm³/mol. The summed E-state index contributed by atoms with van der Waals surface area (Å²) in [5.74, 6) is 0. The number of aryl methyl sites for hydroxylation is 2. The van der Waals surface area contributed by atoms with E-state index < -0.39 is 0 Å². The van der Waals surface area contributed by atoms with Crippen LogP contribution < -0.4 is 0 Å². The van der Waals surface area contributed by atoms with Crippen LogP contribution in [0.1, 0.15) is 41.5 Å². The van der Waals surface area contributed by atoms with Crippen LogP contribution in [0.4, 0.5) is 0 Å². The zero-order chi connectivity index (χ0) is 14.1. The highest BCUT2D eigenvalue weighted by atomic mass is 35.5. The van der Waals surface area contributed by atoms with E-state index >= 15 is 0 Å². The van der Waals surface area contributed by atoms with E-state index in [4.69, 9.17) is 11.6 Å². The fourth-order valence-electron chi connectivity index (χ4n) is 3.14. The Morgan fingerprint density at radius 3 is 2.80 bits per heavy atom. The molecule has 0 saturated heterocycles. The van der Waals surface area contributed by atoms with Gasteiger partial charge in [0.1, 0.15) is 0 Å². The quantitative estimate of drug-likeness (QED) is 0.905. The summed E-state index contributed by atoms with van der Waals surface area (Å²) in [5, 5.41) is 10.9. The van der Waals surface area contributed by atoms with Crippen molar-refractivity contribution in [2.45, 2.75) is 45.3 Å². The van der Waals surface area contributed by atoms with E-state index in [1.165, 1.54) is 17.0 Å². The largest absolute Gasteiger partial charge is 0.388 e. The molecule has 0 spiro atoms. The van der Waals surface area contributed by atoms with Gasteiger partial charge >= 0.3 is 0 Å². The van der Waals surface area contributed by atoms with Crippen LogP contribution in [0.5, 0.6) is 0 Å². The van der Waals surface area contributed by atoms with Gasteiger partial charge in [0.15, 0.2) is 0 Å². The predicted octanol–water partition coefficient (Wildman–Crippen LogP) is 4.06. The van der Waals surface area contributed by atoms with Gasteiger partial charge in [-0.05, 0) is 56.4 Å². The first kappa shape index (κ1) is 13.7. The number of hydrogen-bond acceptors (Lipinski definition) is 1. The molecule has 1 atom stereocenters. The first-order chi connectivity index (χ1) is 9.65. The van der Waals surface area contributed by atoms with Crippen molar-refractivity contribution in [2.24, 2.45) is 0 Å². The molecule has 0 bridgehead atoms. The van der Waals surface area contributed by atoms with Crippen molar-refractivity contribution in [1.29, 1.82) is 0 Å². The number of fused-ring (bicyclic) bond motifs is 1. The number of aliphatic hydroxyl groups is 1. The fraction of sp³-hybridized carbons (Fsp3) is 0.412. The molecule has 0 aliphatic heterocycles. The molecule has 20 heavy (non-hydrogen) atoms. The van der Waals surface area contributed by atoms with Gasteiger partial charge in [0.05, 0.1) is 6.10 Å². The van der Waals surface area contributed by atoms with Gasteiger partial charge in [-0.15, -0.1) is 0 Å². The molecule has 1 unspecified atom stereocenters. The molecular weight excluding hydrogens is 270 g/mol. The molecule has 1 aromatic heterocycles. The average Bonchev–Trinajstić information content (AvgIpc) is 2.76. The van der Waals surface area contributed by atoms with Crippen LogP contribution in [-0.2, 0) is 19.4 Å². The second kappa shape index (κ2) is 5.63. The van der Waals surface area contributed by atoms with Crippen molar-refractivity contribution in [1.82, 2.24) is 4.57 Å². The minimum absolute atomic E-state index is 0.269. The van der Waals surface area contributed by atoms with Gasteiger partial charge < -0.3 is 9.67 Å². The van der Waals surface area contributed by atoms with Crippen molar-refractivity contribution >= 4 is 11.6 Å². The lowest BCUT2D eigenvalue weighted by Gasteiger charge is -2.20. The third-order valence-electron chi connectivity index (χ3n) is 4.24. The Morgan fingerprint density at radius 1 is 1.30 bits per heavy atom. The Morgan fingerprint density at radius 2 is 2.05 bits per heavy atom. The van der Waals surface area contributed by atoms with Gasteiger partial charge in [-0.3, -0.25) is 0 Å². The molecule has 2 nitrogen and oxygen atoms in total. The summed E-state index contributed by atoms with van der Waals surface area (Å²) in [4.78, 5) is 0. The minimum Gasteiger partial charge on any atom is -0.388 e. The molecule has 1 N–H and O–H groups in total. The SMILES string of the molecule is Cc1cc2c(n1CCc1ccc(Cl)cc1)CCCC2O. The van der Waals surface area contributed by atoms with Crippen LogP contribution in [0.25, 0.3) is 0 Å². The second-order valence-corrected chi connectivity index (χ2v) is 6.06. The average molecular weight is 290 g/mol. The van der Waals surface area contributed by atoms with E-state index in [0.29, 0.717) is 0 Å². The molecule has 1 heterocycles. The number of halogens is 1. The van der Waals surface area contributed by atoms with Crippen molar-refractivity contribution in [3.63, 3.8) is 0 Å². The van der Waals surface area contributed by atoms with Crippen molar-refractivity contribution in [3.05, 3.63) is 57.9 Å². The van der Waals surface area contributed by atoms with E-state index in [1.54, 1.807) is 0 Å². The number of aliphatic hydroxyl groups excluding tert-OH is 1. The van der Waals surface area contributed by atoms with Crippen LogP contribution in [0.3, 0.4) is 0 Å². The summed E-state index contributed by atoms with van der Waals surface area (Å²) in [6, 6.07) is 10.2. The highest BCUT2D eigenvalue weighted by Crippen LogP contribution is 2.32. The molecule has 3 rings (SSSR count). The molecule has 106 valence electrons. The highest BCUT2D eigenvalue weighted by molar-refractivity contribution is 6.30. The molecule has 1 aliphatic rings. The summed E-state index contributed by atoms with van der Waals surface area (Å²) < 4.78 is 2.37. The summed E-state index contributed by atoms with van der Waals surface area (Å²) in [7, 11) is 0. The molecule has 0 fully saturated rings. The van der Waals surface area contributed by atoms with Gasteiger partial charge in [-0.1, -0.05) is 23.7 Å². The topological polar surface area (TPSA) is 25.2 Å². The molecular formula is C17H20ClNO. The zero-order valence-corrected chi connectivity index (χ0v) is 12.5. The van der Waals surface area contributed by atoms with Crippen molar-refractivity contribution in [2.75, 3.05) is 0 Å². The molecule has 0 radical (unpaired) electrons. The lowest BCUT2D eigenvalue weighted by molar-refractivity contribution is 0.155. The Balaban J connectivity index is 1.79. The van der Waals surface area contributed by atoms with Gasteiger partial charge in [-0.2, -0.15) is 0 Å². The van der Waals surface area contributed by atoms with Gasteiger partial charge in [0, 0.05) is 28.5 Å². The van der Waals surface area contributed by atoms with E-state index in [9.17, 15) is 5.11 Å². The monoisotopic (exact) mass is 289 g/mol. The second-order valence-electron chi connectivity index (χ2n) is 5.62. The molecule has 1 aromatic carbocycles. The summed E-state index contributed by atoms with van der Waals surface area (Å²) in [6.45, 7) is 3.10. The maximum atomic E-state index is 10.1. The van der Waals surface area contributed by atoms with Crippen LogP contribution in [0, 0.1) is 6.92 Å². The van der Waals surface area contributed by atoms with Crippen LogP contribution in [-0.4, -0.2) is 9.67 Å². The Hall–Kier alpha value is -1.25. The minimum atomic E-state index is -0.269. The first-order valence-electron chi connectivity index (χ1n) is 7.26. The molecule has 2 aromatic rings. The van der Waals surface area contributed by atoms with Gasteiger partial charge in [0.2, 0.25) is 0 Å². The maximum Gasteiger partial charge on any atom is 0.0807 e. The normalized spacial score (nSPS) is 18.1.